The molecular formula is C14H26O2. The van der Waals surface area contributed by atoms with Crippen molar-refractivity contribution in [2.75, 3.05) is 0 Å². The van der Waals surface area contributed by atoms with Gasteiger partial charge in [-0.2, -0.15) is 0 Å². The van der Waals surface area contributed by atoms with Crippen LogP contribution in [0.15, 0.2) is 0 Å². The average molecular weight is 226 g/mol. The van der Waals surface area contributed by atoms with E-state index in [1.807, 2.05) is 0 Å². The van der Waals surface area contributed by atoms with Crippen LogP contribution in [0.2, 0.25) is 0 Å². The number of rotatable bonds is 1. The lowest BCUT2D eigenvalue weighted by molar-refractivity contribution is -0.0283. The Morgan fingerprint density at radius 2 is 1.44 bits per heavy atom. The van der Waals surface area contributed by atoms with Crippen LogP contribution in [0, 0.1) is 17.8 Å². The van der Waals surface area contributed by atoms with Crippen molar-refractivity contribution in [3.8, 4) is 0 Å². The smallest absolute Gasteiger partial charge is 0.0572 e. The highest BCUT2D eigenvalue weighted by atomic mass is 16.3. The first-order valence-corrected chi connectivity index (χ1v) is 7.04. The van der Waals surface area contributed by atoms with Gasteiger partial charge in [0.15, 0.2) is 0 Å². The van der Waals surface area contributed by atoms with Crippen molar-refractivity contribution in [1.82, 2.24) is 0 Å². The minimum absolute atomic E-state index is 0.158. The molecule has 2 nitrogen and oxygen atoms in total. The van der Waals surface area contributed by atoms with Crippen LogP contribution in [-0.2, 0) is 0 Å². The van der Waals surface area contributed by atoms with Crippen LogP contribution >= 0.6 is 0 Å². The summed E-state index contributed by atoms with van der Waals surface area (Å²) in [6, 6.07) is 0. The van der Waals surface area contributed by atoms with E-state index in [2.05, 4.69) is 6.92 Å². The second-order valence-electron chi connectivity index (χ2n) is 6.02. The maximum absolute atomic E-state index is 10.2. The quantitative estimate of drug-likeness (QED) is 0.675. The van der Waals surface area contributed by atoms with Gasteiger partial charge in [0.25, 0.3) is 0 Å². The molecule has 0 aromatic rings. The summed E-state index contributed by atoms with van der Waals surface area (Å²) < 4.78 is 0. The molecule has 16 heavy (non-hydrogen) atoms. The molecule has 0 amide bonds. The molecule has 0 aromatic carbocycles. The van der Waals surface area contributed by atoms with Gasteiger partial charge >= 0.3 is 0 Å². The second kappa shape index (κ2) is 5.50. The fraction of sp³-hybridized carbons (Fsp3) is 1.00. The van der Waals surface area contributed by atoms with Gasteiger partial charge in [0.05, 0.1) is 12.2 Å². The van der Waals surface area contributed by atoms with Gasteiger partial charge in [0.2, 0.25) is 0 Å². The highest BCUT2D eigenvalue weighted by Crippen LogP contribution is 2.39. The Hall–Kier alpha value is -0.0800. The van der Waals surface area contributed by atoms with E-state index in [-0.39, 0.29) is 12.2 Å². The van der Waals surface area contributed by atoms with Gasteiger partial charge < -0.3 is 10.2 Å². The second-order valence-corrected chi connectivity index (χ2v) is 6.02. The summed E-state index contributed by atoms with van der Waals surface area (Å²) in [5.74, 6) is 1.45. The fourth-order valence-corrected chi connectivity index (χ4v) is 3.69. The van der Waals surface area contributed by atoms with Crippen LogP contribution in [0.3, 0.4) is 0 Å². The van der Waals surface area contributed by atoms with Gasteiger partial charge in [0, 0.05) is 0 Å². The van der Waals surface area contributed by atoms with E-state index in [0.717, 1.165) is 44.4 Å². The van der Waals surface area contributed by atoms with Crippen molar-refractivity contribution in [2.45, 2.75) is 70.5 Å². The largest absolute Gasteiger partial charge is 0.393 e. The summed E-state index contributed by atoms with van der Waals surface area (Å²) in [5, 5.41) is 20.3. The third-order valence-electron chi connectivity index (χ3n) is 4.71. The Kier molecular flexibility index (Phi) is 4.26. The van der Waals surface area contributed by atoms with Crippen LogP contribution in [0.4, 0.5) is 0 Å². The molecule has 0 aliphatic heterocycles. The zero-order valence-electron chi connectivity index (χ0n) is 10.4. The van der Waals surface area contributed by atoms with Crippen molar-refractivity contribution < 1.29 is 10.2 Å². The molecule has 0 aromatic heterocycles. The number of aliphatic hydroxyl groups is 2. The van der Waals surface area contributed by atoms with Gasteiger partial charge in [-0.3, -0.25) is 0 Å². The Labute approximate surface area is 99.1 Å². The predicted molar refractivity (Wildman–Crippen MR) is 65.1 cm³/mol. The lowest BCUT2D eigenvalue weighted by Gasteiger charge is -2.38. The van der Waals surface area contributed by atoms with E-state index in [1.54, 1.807) is 0 Å². The molecule has 2 aliphatic rings. The number of hydrogen-bond donors (Lipinski definition) is 2. The van der Waals surface area contributed by atoms with Gasteiger partial charge in [0.1, 0.15) is 0 Å². The topological polar surface area (TPSA) is 40.5 Å². The van der Waals surface area contributed by atoms with E-state index < -0.39 is 0 Å². The van der Waals surface area contributed by atoms with Gasteiger partial charge in [-0.1, -0.05) is 26.2 Å². The molecule has 0 saturated heterocycles. The molecule has 2 aliphatic carbocycles. The van der Waals surface area contributed by atoms with Crippen LogP contribution in [-0.4, -0.2) is 22.4 Å². The Balaban J connectivity index is 2.02. The summed E-state index contributed by atoms with van der Waals surface area (Å²) in [4.78, 5) is 0. The summed E-state index contributed by atoms with van der Waals surface area (Å²) in [5.41, 5.74) is 0. The summed E-state index contributed by atoms with van der Waals surface area (Å²) in [6.07, 6.45) is 8.61. The van der Waals surface area contributed by atoms with E-state index in [1.165, 1.54) is 12.8 Å². The highest BCUT2D eigenvalue weighted by Gasteiger charge is 2.36. The molecule has 0 bridgehead atoms. The van der Waals surface area contributed by atoms with Crippen molar-refractivity contribution in [3.05, 3.63) is 0 Å². The first-order chi connectivity index (χ1) is 7.68. The zero-order valence-corrected chi connectivity index (χ0v) is 10.4. The zero-order chi connectivity index (χ0) is 11.5. The van der Waals surface area contributed by atoms with Crippen molar-refractivity contribution in [2.24, 2.45) is 17.8 Å². The molecule has 94 valence electrons. The molecule has 0 heterocycles. The average Bonchev–Trinajstić information content (AvgIpc) is 2.47. The minimum Gasteiger partial charge on any atom is -0.393 e. The lowest BCUT2D eigenvalue weighted by atomic mass is 9.71. The van der Waals surface area contributed by atoms with E-state index in [0.29, 0.717) is 11.8 Å². The Bertz CT molecular complexity index is 217. The van der Waals surface area contributed by atoms with Crippen molar-refractivity contribution >= 4 is 0 Å². The minimum atomic E-state index is -0.160. The standard InChI is InChI=1S/C14H26O2/c1-10-7-8-14(16)12(9-10)11-5-3-2-4-6-13(11)15/h10-16H,2-9H2,1H3. The van der Waals surface area contributed by atoms with Crippen LogP contribution < -0.4 is 0 Å². The summed E-state index contributed by atoms with van der Waals surface area (Å²) in [7, 11) is 0. The highest BCUT2D eigenvalue weighted by molar-refractivity contribution is 4.87. The maximum atomic E-state index is 10.2. The van der Waals surface area contributed by atoms with Crippen molar-refractivity contribution in [1.29, 1.82) is 0 Å². The molecule has 2 rings (SSSR count). The number of aliphatic hydroxyl groups excluding tert-OH is 2. The molecule has 2 N–H and O–H groups in total. The lowest BCUT2D eigenvalue weighted by Crippen LogP contribution is -2.38. The van der Waals surface area contributed by atoms with E-state index in [9.17, 15) is 10.2 Å². The first kappa shape index (κ1) is 12.4. The van der Waals surface area contributed by atoms with Crippen LogP contribution in [0.1, 0.15) is 58.3 Å². The fourth-order valence-electron chi connectivity index (χ4n) is 3.69. The van der Waals surface area contributed by atoms with E-state index >= 15 is 0 Å². The molecule has 5 unspecified atom stereocenters. The maximum Gasteiger partial charge on any atom is 0.0572 e. The van der Waals surface area contributed by atoms with Crippen LogP contribution in [0.25, 0.3) is 0 Å². The molecule has 0 spiro atoms. The molecule has 5 atom stereocenters. The molecule has 0 radical (unpaired) electrons. The van der Waals surface area contributed by atoms with Gasteiger partial charge in [-0.25, -0.2) is 0 Å². The molecule has 2 fully saturated rings. The molecule has 2 heteroatoms. The first-order valence-electron chi connectivity index (χ1n) is 7.04. The Morgan fingerprint density at radius 1 is 0.750 bits per heavy atom. The third kappa shape index (κ3) is 2.78. The SMILES string of the molecule is CC1CCC(O)C(C2CCCCCC2O)C1. The van der Waals surface area contributed by atoms with Crippen LogP contribution in [0.5, 0.6) is 0 Å². The monoisotopic (exact) mass is 226 g/mol. The van der Waals surface area contributed by atoms with Crippen molar-refractivity contribution in [3.63, 3.8) is 0 Å². The summed E-state index contributed by atoms with van der Waals surface area (Å²) in [6.45, 7) is 2.28. The molecule has 2 saturated carbocycles. The van der Waals surface area contributed by atoms with Gasteiger partial charge in [-0.15, -0.1) is 0 Å². The summed E-state index contributed by atoms with van der Waals surface area (Å²) >= 11 is 0. The van der Waals surface area contributed by atoms with Gasteiger partial charge in [-0.05, 0) is 49.9 Å². The molecular weight excluding hydrogens is 200 g/mol. The Morgan fingerprint density at radius 3 is 2.25 bits per heavy atom. The normalized spacial score (nSPS) is 46.3. The number of hydrogen-bond acceptors (Lipinski definition) is 2. The van der Waals surface area contributed by atoms with E-state index in [4.69, 9.17) is 0 Å². The third-order valence-corrected chi connectivity index (χ3v) is 4.71. The predicted octanol–water partition coefficient (Wildman–Crippen LogP) is 2.72.